The number of hydrogen-bond acceptors (Lipinski definition) is 5. The van der Waals surface area contributed by atoms with Crippen LogP contribution in [0.3, 0.4) is 0 Å². The standard InChI is InChI=1S/C22H23NO5/c1-5-13-6-8-14(9-7-13)19-18(21(25)22(26)23(19)2)20(24)15-10-11-16(27-3)17(12-15)28-4/h6-12,19,24H,5H2,1-4H3/b20-18-. The van der Waals surface area contributed by atoms with Gasteiger partial charge in [0.1, 0.15) is 5.76 Å². The summed E-state index contributed by atoms with van der Waals surface area (Å²) in [5, 5.41) is 10.9. The molecule has 0 spiro atoms. The first-order valence-electron chi connectivity index (χ1n) is 8.98. The van der Waals surface area contributed by atoms with Gasteiger partial charge in [0.15, 0.2) is 11.5 Å². The molecule has 1 N–H and O–H groups in total. The summed E-state index contributed by atoms with van der Waals surface area (Å²) in [5.74, 6) is -0.679. The number of ketones is 1. The fourth-order valence-corrected chi connectivity index (χ4v) is 3.41. The molecule has 28 heavy (non-hydrogen) atoms. The normalized spacial score (nSPS) is 18.4. The van der Waals surface area contributed by atoms with Crippen LogP contribution in [-0.4, -0.2) is 43.0 Å². The van der Waals surface area contributed by atoms with Gasteiger partial charge in [0, 0.05) is 12.6 Å². The molecule has 0 bridgehead atoms. The van der Waals surface area contributed by atoms with Crippen molar-refractivity contribution in [3.63, 3.8) is 0 Å². The third-order valence-corrected chi connectivity index (χ3v) is 5.04. The second-order valence-electron chi connectivity index (χ2n) is 6.57. The van der Waals surface area contributed by atoms with Crippen molar-refractivity contribution in [1.82, 2.24) is 4.90 Å². The van der Waals surface area contributed by atoms with Gasteiger partial charge in [0.25, 0.3) is 11.7 Å². The van der Waals surface area contributed by atoms with E-state index < -0.39 is 17.7 Å². The highest BCUT2D eigenvalue weighted by molar-refractivity contribution is 6.46. The van der Waals surface area contributed by atoms with Gasteiger partial charge in [-0.3, -0.25) is 9.59 Å². The molecule has 1 aliphatic heterocycles. The number of amides is 1. The first-order valence-corrected chi connectivity index (χ1v) is 8.98. The molecule has 0 aliphatic carbocycles. The van der Waals surface area contributed by atoms with Gasteiger partial charge in [-0.05, 0) is 35.7 Å². The Balaban J connectivity index is 2.14. The smallest absolute Gasteiger partial charge is 0.295 e. The van der Waals surface area contributed by atoms with Crippen LogP contribution in [0.4, 0.5) is 0 Å². The van der Waals surface area contributed by atoms with Crippen molar-refractivity contribution in [3.8, 4) is 11.5 Å². The number of rotatable bonds is 5. The van der Waals surface area contributed by atoms with Crippen LogP contribution in [0, 0.1) is 0 Å². The number of nitrogens with zero attached hydrogens (tertiary/aromatic N) is 1. The van der Waals surface area contributed by atoms with E-state index in [1.807, 2.05) is 24.3 Å². The molecule has 6 nitrogen and oxygen atoms in total. The predicted octanol–water partition coefficient (Wildman–Crippen LogP) is 3.32. The number of aliphatic hydroxyl groups is 1. The van der Waals surface area contributed by atoms with E-state index in [1.54, 1.807) is 25.2 Å². The van der Waals surface area contributed by atoms with Gasteiger partial charge in [0.05, 0.1) is 25.8 Å². The second-order valence-corrected chi connectivity index (χ2v) is 6.57. The van der Waals surface area contributed by atoms with Crippen LogP contribution >= 0.6 is 0 Å². The first-order chi connectivity index (χ1) is 13.4. The second kappa shape index (κ2) is 7.76. The Morgan fingerprint density at radius 2 is 1.68 bits per heavy atom. The quantitative estimate of drug-likeness (QED) is 0.488. The van der Waals surface area contributed by atoms with Crippen LogP contribution in [0.15, 0.2) is 48.0 Å². The maximum atomic E-state index is 12.6. The number of likely N-dealkylation sites (N-methyl/N-ethyl adjacent to an activating group) is 1. The molecule has 2 aromatic carbocycles. The third-order valence-electron chi connectivity index (χ3n) is 5.04. The number of hydrogen-bond donors (Lipinski definition) is 1. The number of ether oxygens (including phenoxy) is 2. The summed E-state index contributed by atoms with van der Waals surface area (Å²) < 4.78 is 10.5. The van der Waals surface area contributed by atoms with Gasteiger partial charge >= 0.3 is 0 Å². The highest BCUT2D eigenvalue weighted by Crippen LogP contribution is 2.39. The Labute approximate surface area is 164 Å². The zero-order chi connectivity index (χ0) is 20.4. The molecule has 1 amide bonds. The lowest BCUT2D eigenvalue weighted by atomic mass is 9.94. The number of benzene rings is 2. The van der Waals surface area contributed by atoms with E-state index >= 15 is 0 Å². The summed E-state index contributed by atoms with van der Waals surface area (Å²) >= 11 is 0. The minimum Gasteiger partial charge on any atom is -0.507 e. The third kappa shape index (κ3) is 3.22. The van der Waals surface area contributed by atoms with E-state index in [4.69, 9.17) is 9.47 Å². The Morgan fingerprint density at radius 1 is 1.04 bits per heavy atom. The van der Waals surface area contributed by atoms with Crippen molar-refractivity contribution in [2.75, 3.05) is 21.3 Å². The van der Waals surface area contributed by atoms with Gasteiger partial charge in [0.2, 0.25) is 0 Å². The summed E-state index contributed by atoms with van der Waals surface area (Å²) in [5.41, 5.74) is 2.35. The molecule has 0 radical (unpaired) electrons. The number of carbonyl (C=O) groups excluding carboxylic acids is 2. The maximum absolute atomic E-state index is 12.6. The molecule has 1 saturated heterocycles. The highest BCUT2D eigenvalue weighted by atomic mass is 16.5. The van der Waals surface area contributed by atoms with Crippen molar-refractivity contribution in [2.24, 2.45) is 0 Å². The lowest BCUT2D eigenvalue weighted by Gasteiger charge is -2.21. The largest absolute Gasteiger partial charge is 0.507 e. The molecule has 1 heterocycles. The number of aliphatic hydroxyl groups excluding tert-OH is 1. The van der Waals surface area contributed by atoms with E-state index in [1.165, 1.54) is 19.1 Å². The fraction of sp³-hybridized carbons (Fsp3) is 0.273. The molecule has 1 unspecified atom stereocenters. The molecule has 1 fully saturated rings. The minimum atomic E-state index is -0.709. The Bertz CT molecular complexity index is 946. The van der Waals surface area contributed by atoms with E-state index in [0.717, 1.165) is 17.5 Å². The first kappa shape index (κ1) is 19.5. The summed E-state index contributed by atoms with van der Waals surface area (Å²) in [6, 6.07) is 11.9. The molecule has 1 aliphatic rings. The van der Waals surface area contributed by atoms with Gasteiger partial charge in [-0.2, -0.15) is 0 Å². The van der Waals surface area contributed by atoms with Crippen molar-refractivity contribution < 1.29 is 24.2 Å². The van der Waals surface area contributed by atoms with Crippen LogP contribution in [0.1, 0.15) is 29.7 Å². The number of methoxy groups -OCH3 is 2. The van der Waals surface area contributed by atoms with E-state index in [9.17, 15) is 14.7 Å². The summed E-state index contributed by atoms with van der Waals surface area (Å²) in [6.07, 6.45) is 0.887. The van der Waals surface area contributed by atoms with Gasteiger partial charge in [-0.15, -0.1) is 0 Å². The summed E-state index contributed by atoms with van der Waals surface area (Å²) in [7, 11) is 4.56. The Hall–Kier alpha value is -3.28. The molecule has 6 heteroatoms. The average Bonchev–Trinajstić information content (AvgIpc) is 2.96. The molecule has 1 atom stereocenters. The zero-order valence-electron chi connectivity index (χ0n) is 16.4. The van der Waals surface area contributed by atoms with Crippen LogP contribution in [0.5, 0.6) is 11.5 Å². The highest BCUT2D eigenvalue weighted by Gasteiger charge is 2.44. The number of likely N-dealkylation sites (tertiary alicyclic amines) is 1. The number of Topliss-reactive ketones (excluding diaryl/α,β-unsaturated/α-hetero) is 1. The Kier molecular flexibility index (Phi) is 5.40. The van der Waals surface area contributed by atoms with Crippen LogP contribution in [0.2, 0.25) is 0 Å². The van der Waals surface area contributed by atoms with Crippen LogP contribution in [-0.2, 0) is 16.0 Å². The Morgan fingerprint density at radius 3 is 2.25 bits per heavy atom. The molecule has 3 rings (SSSR count). The predicted molar refractivity (Wildman–Crippen MR) is 105 cm³/mol. The fourth-order valence-electron chi connectivity index (χ4n) is 3.41. The van der Waals surface area contributed by atoms with Crippen LogP contribution < -0.4 is 9.47 Å². The molecule has 146 valence electrons. The van der Waals surface area contributed by atoms with Gasteiger partial charge < -0.3 is 19.5 Å². The topological polar surface area (TPSA) is 76.1 Å². The van der Waals surface area contributed by atoms with E-state index in [-0.39, 0.29) is 11.3 Å². The van der Waals surface area contributed by atoms with E-state index in [0.29, 0.717) is 17.1 Å². The summed E-state index contributed by atoms with van der Waals surface area (Å²) in [4.78, 5) is 26.4. The van der Waals surface area contributed by atoms with Gasteiger partial charge in [-0.25, -0.2) is 0 Å². The van der Waals surface area contributed by atoms with Crippen molar-refractivity contribution in [2.45, 2.75) is 19.4 Å². The van der Waals surface area contributed by atoms with Crippen molar-refractivity contribution in [1.29, 1.82) is 0 Å². The summed E-state index contributed by atoms with van der Waals surface area (Å²) in [6.45, 7) is 2.05. The molecule has 2 aromatic rings. The SMILES string of the molecule is CCc1ccc(C2/C(=C(/O)c3ccc(OC)c(OC)c3)C(=O)C(=O)N2C)cc1. The van der Waals surface area contributed by atoms with Crippen molar-refractivity contribution in [3.05, 3.63) is 64.7 Å². The zero-order valence-corrected chi connectivity index (χ0v) is 16.4. The number of aryl methyl sites for hydroxylation is 1. The lowest BCUT2D eigenvalue weighted by molar-refractivity contribution is -0.139. The molecule has 0 aromatic heterocycles. The molecular formula is C22H23NO5. The molecular weight excluding hydrogens is 358 g/mol. The minimum absolute atomic E-state index is 0.0592. The average molecular weight is 381 g/mol. The van der Waals surface area contributed by atoms with E-state index in [2.05, 4.69) is 6.92 Å². The molecule has 0 saturated carbocycles. The van der Waals surface area contributed by atoms with Crippen LogP contribution in [0.25, 0.3) is 5.76 Å². The monoisotopic (exact) mass is 381 g/mol. The van der Waals surface area contributed by atoms with Crippen molar-refractivity contribution >= 4 is 17.4 Å². The lowest BCUT2D eigenvalue weighted by Crippen LogP contribution is -2.24. The number of carbonyl (C=O) groups is 2. The van der Waals surface area contributed by atoms with Gasteiger partial charge in [-0.1, -0.05) is 31.2 Å². The maximum Gasteiger partial charge on any atom is 0.295 e.